The normalized spacial score (nSPS) is 11.9. The van der Waals surface area contributed by atoms with E-state index in [0.717, 1.165) is 23.6 Å². The van der Waals surface area contributed by atoms with Crippen LogP contribution in [0.4, 0.5) is 19.1 Å². The van der Waals surface area contributed by atoms with Crippen LogP contribution in [0.25, 0.3) is 0 Å². The summed E-state index contributed by atoms with van der Waals surface area (Å²) in [5.41, 5.74) is -0.0661. The highest BCUT2D eigenvalue weighted by Crippen LogP contribution is 2.27. The van der Waals surface area contributed by atoms with Crippen molar-refractivity contribution >= 4 is 12.2 Å². The Morgan fingerprint density at radius 1 is 1.20 bits per heavy atom. The second-order valence-corrected chi connectivity index (χ2v) is 5.46. The number of nitrogens with one attached hydrogen (secondary N) is 1. The minimum Gasteiger partial charge on any atom is -0.491 e. The predicted molar refractivity (Wildman–Crippen MR) is 90.2 cm³/mol. The summed E-state index contributed by atoms with van der Waals surface area (Å²) in [4.78, 5) is 11.4. The first-order valence-corrected chi connectivity index (χ1v) is 7.75. The Morgan fingerprint density at radius 3 is 2.56 bits per heavy atom. The van der Waals surface area contributed by atoms with Crippen LogP contribution in [0, 0.1) is 0 Å². The zero-order chi connectivity index (χ0) is 18.3. The van der Waals surface area contributed by atoms with Crippen molar-refractivity contribution in [1.29, 1.82) is 0 Å². The lowest BCUT2D eigenvalue weighted by Gasteiger charge is -2.09. The molecule has 0 atom stereocenters. The zero-order valence-corrected chi connectivity index (χ0v) is 13.9. The number of aromatic nitrogens is 2. The molecule has 0 bridgehead atoms. The maximum absolute atomic E-state index is 12.5. The van der Waals surface area contributed by atoms with Crippen LogP contribution in [0.2, 0.25) is 0 Å². The average molecular weight is 352 g/mol. The summed E-state index contributed by atoms with van der Waals surface area (Å²) in [6.07, 6.45) is -1.61. The number of ether oxygens (including phenoxy) is 1. The van der Waals surface area contributed by atoms with Crippen LogP contribution in [0.3, 0.4) is 0 Å². The first kappa shape index (κ1) is 18.7. The quantitative estimate of drug-likeness (QED) is 0.608. The van der Waals surface area contributed by atoms with E-state index >= 15 is 0 Å². The number of alkyl halides is 3. The molecule has 0 aliphatic heterocycles. The zero-order valence-electron chi connectivity index (χ0n) is 13.9. The lowest BCUT2D eigenvalue weighted by Crippen LogP contribution is -2.13. The topological polar surface area (TPSA) is 59.4 Å². The van der Waals surface area contributed by atoms with Crippen LogP contribution in [0.15, 0.2) is 41.5 Å². The second kappa shape index (κ2) is 8.46. The van der Waals surface area contributed by atoms with Gasteiger partial charge in [-0.25, -0.2) is 9.97 Å². The number of anilines is 1. The number of benzene rings is 1. The molecule has 0 amide bonds. The molecule has 1 N–H and O–H groups in total. The predicted octanol–water partition coefficient (Wildman–Crippen LogP) is 3.81. The van der Waals surface area contributed by atoms with Crippen LogP contribution in [-0.2, 0) is 6.18 Å². The van der Waals surface area contributed by atoms with Crippen molar-refractivity contribution in [1.82, 2.24) is 9.97 Å². The van der Waals surface area contributed by atoms with Gasteiger partial charge in [0, 0.05) is 19.0 Å². The van der Waals surface area contributed by atoms with Crippen LogP contribution < -0.4 is 10.1 Å². The van der Waals surface area contributed by atoms with Gasteiger partial charge in [0.1, 0.15) is 11.4 Å². The largest absolute Gasteiger partial charge is 0.491 e. The summed E-state index contributed by atoms with van der Waals surface area (Å²) in [5.74, 6) is 0.718. The smallest absolute Gasteiger partial charge is 0.433 e. The van der Waals surface area contributed by atoms with E-state index in [1.807, 2.05) is 38.1 Å². The average Bonchev–Trinajstić information content (AvgIpc) is 2.55. The van der Waals surface area contributed by atoms with Crippen molar-refractivity contribution in [2.75, 3.05) is 18.4 Å². The van der Waals surface area contributed by atoms with Crippen molar-refractivity contribution in [3.63, 3.8) is 0 Å². The molecule has 0 radical (unpaired) electrons. The number of nitrogens with zero attached hydrogens (tertiary/aromatic N) is 3. The summed E-state index contributed by atoms with van der Waals surface area (Å²) in [7, 11) is 0. The monoisotopic (exact) mass is 352 g/mol. The van der Waals surface area contributed by atoms with Gasteiger partial charge in [-0.1, -0.05) is 0 Å². The summed E-state index contributed by atoms with van der Waals surface area (Å²) >= 11 is 0. The molecule has 0 aliphatic rings. The molecule has 8 heteroatoms. The van der Waals surface area contributed by atoms with Gasteiger partial charge in [-0.3, -0.25) is 4.99 Å². The molecule has 25 heavy (non-hydrogen) atoms. The first-order chi connectivity index (χ1) is 11.8. The van der Waals surface area contributed by atoms with E-state index in [0.29, 0.717) is 13.1 Å². The van der Waals surface area contributed by atoms with Gasteiger partial charge in [0.25, 0.3) is 0 Å². The molecule has 0 spiro atoms. The van der Waals surface area contributed by atoms with Crippen LogP contribution >= 0.6 is 0 Å². The highest BCUT2D eigenvalue weighted by molar-refractivity contribution is 5.79. The molecule has 0 aliphatic carbocycles. The van der Waals surface area contributed by atoms with Gasteiger partial charge in [-0.05, 0) is 49.7 Å². The molecule has 0 unspecified atom stereocenters. The summed E-state index contributed by atoms with van der Waals surface area (Å²) in [6, 6.07) is 8.30. The van der Waals surface area contributed by atoms with Gasteiger partial charge < -0.3 is 10.1 Å². The number of halogens is 3. The van der Waals surface area contributed by atoms with Crippen LogP contribution in [0.1, 0.15) is 25.1 Å². The second-order valence-electron chi connectivity index (χ2n) is 5.46. The molecular weight excluding hydrogens is 333 g/mol. The van der Waals surface area contributed by atoms with Crippen molar-refractivity contribution in [2.45, 2.75) is 26.1 Å². The Bertz CT molecular complexity index is 700. The Labute approximate surface area is 144 Å². The van der Waals surface area contributed by atoms with E-state index in [1.54, 1.807) is 6.21 Å². The van der Waals surface area contributed by atoms with E-state index in [4.69, 9.17) is 4.74 Å². The summed E-state index contributed by atoms with van der Waals surface area (Å²) in [5, 5.41) is 2.72. The maximum atomic E-state index is 12.5. The van der Waals surface area contributed by atoms with Crippen molar-refractivity contribution < 1.29 is 17.9 Å². The molecule has 0 fully saturated rings. The molecule has 1 aromatic carbocycles. The molecular formula is C17H19F3N4O. The van der Waals surface area contributed by atoms with Crippen LogP contribution in [-0.4, -0.2) is 35.4 Å². The molecule has 5 nitrogen and oxygen atoms in total. The van der Waals surface area contributed by atoms with E-state index < -0.39 is 11.9 Å². The highest BCUT2D eigenvalue weighted by Gasteiger charge is 2.32. The molecule has 1 heterocycles. The third-order valence-corrected chi connectivity index (χ3v) is 2.96. The minimum absolute atomic E-state index is 0.0692. The molecule has 2 rings (SSSR count). The summed E-state index contributed by atoms with van der Waals surface area (Å²) in [6.45, 7) is 4.61. The van der Waals surface area contributed by atoms with Gasteiger partial charge in [0.05, 0.1) is 12.6 Å². The van der Waals surface area contributed by atoms with E-state index in [9.17, 15) is 13.2 Å². The van der Waals surface area contributed by atoms with E-state index in [-0.39, 0.29) is 12.1 Å². The van der Waals surface area contributed by atoms with E-state index in [2.05, 4.69) is 20.3 Å². The molecule has 0 saturated carbocycles. The van der Waals surface area contributed by atoms with Gasteiger partial charge in [-0.2, -0.15) is 13.2 Å². The van der Waals surface area contributed by atoms with Gasteiger partial charge in [0.15, 0.2) is 0 Å². The third kappa shape index (κ3) is 6.40. The fourth-order valence-electron chi connectivity index (χ4n) is 1.91. The number of aliphatic imine (C=N–C) groups is 1. The standard InChI is InChI=1S/C17H19F3N4O/c1-12(2)25-14-5-3-13(4-6-14)11-21-9-10-23-16-22-8-7-15(24-16)17(18,19)20/h3-8,11-12H,9-10H2,1-2H3,(H,22,23,24). The van der Waals surface area contributed by atoms with Gasteiger partial charge in [-0.15, -0.1) is 0 Å². The Kier molecular flexibility index (Phi) is 6.32. The van der Waals surface area contributed by atoms with Crippen molar-refractivity contribution in [3.8, 4) is 5.75 Å². The summed E-state index contributed by atoms with van der Waals surface area (Å²) < 4.78 is 43.2. The highest BCUT2D eigenvalue weighted by atomic mass is 19.4. The molecule has 0 saturated heterocycles. The van der Waals surface area contributed by atoms with Gasteiger partial charge >= 0.3 is 6.18 Å². The fourth-order valence-corrected chi connectivity index (χ4v) is 1.91. The third-order valence-electron chi connectivity index (χ3n) is 2.96. The number of hydrogen-bond donors (Lipinski definition) is 1. The first-order valence-electron chi connectivity index (χ1n) is 7.75. The van der Waals surface area contributed by atoms with Crippen molar-refractivity contribution in [3.05, 3.63) is 47.8 Å². The molecule has 134 valence electrons. The molecule has 2 aromatic rings. The lowest BCUT2D eigenvalue weighted by molar-refractivity contribution is -0.141. The van der Waals surface area contributed by atoms with Crippen molar-refractivity contribution in [2.24, 2.45) is 4.99 Å². The van der Waals surface area contributed by atoms with E-state index in [1.165, 1.54) is 0 Å². The minimum atomic E-state index is -4.48. The number of hydrogen-bond acceptors (Lipinski definition) is 5. The Morgan fingerprint density at radius 2 is 1.92 bits per heavy atom. The Balaban J connectivity index is 1.80. The SMILES string of the molecule is CC(C)Oc1ccc(C=NCCNc2nccc(C(F)(F)F)n2)cc1. The Hall–Kier alpha value is -2.64. The van der Waals surface area contributed by atoms with Crippen LogP contribution in [0.5, 0.6) is 5.75 Å². The number of rotatable bonds is 7. The molecule has 1 aromatic heterocycles. The van der Waals surface area contributed by atoms with Gasteiger partial charge in [0.2, 0.25) is 5.95 Å². The fraction of sp³-hybridized carbons (Fsp3) is 0.353. The maximum Gasteiger partial charge on any atom is 0.433 e. The lowest BCUT2D eigenvalue weighted by atomic mass is 10.2.